The molecule has 0 atom stereocenters. The van der Waals surface area contributed by atoms with Crippen LogP contribution in [0.2, 0.25) is 0 Å². The molecule has 0 spiro atoms. The van der Waals surface area contributed by atoms with Crippen molar-refractivity contribution < 1.29 is 9.53 Å². The number of esters is 1. The Morgan fingerprint density at radius 1 is 1.04 bits per heavy atom. The number of carbonyl (C=O) groups excluding carboxylic acids is 1. The van der Waals surface area contributed by atoms with Crippen LogP contribution in [-0.4, -0.2) is 15.5 Å². The molecule has 0 amide bonds. The fourth-order valence-electron chi connectivity index (χ4n) is 2.71. The Bertz CT molecular complexity index is 883. The number of imidazole rings is 1. The van der Waals surface area contributed by atoms with E-state index in [0.717, 1.165) is 17.9 Å². The number of nitrogens with zero attached hydrogens (tertiary/aromatic N) is 2. The highest BCUT2D eigenvalue weighted by Gasteiger charge is 2.13. The van der Waals surface area contributed by atoms with Crippen molar-refractivity contribution in [2.45, 2.75) is 26.5 Å². The van der Waals surface area contributed by atoms with Gasteiger partial charge in [0.1, 0.15) is 12.4 Å². The van der Waals surface area contributed by atoms with Crippen molar-refractivity contribution in [2.75, 3.05) is 0 Å². The topological polar surface area (TPSA) is 44.1 Å². The summed E-state index contributed by atoms with van der Waals surface area (Å²) in [6.07, 6.45) is 2.51. The molecule has 4 heteroatoms. The van der Waals surface area contributed by atoms with Gasteiger partial charge in [-0.15, -0.1) is 0 Å². The van der Waals surface area contributed by atoms with E-state index >= 15 is 0 Å². The molecular weight excluding hydrogens is 324 g/mol. The van der Waals surface area contributed by atoms with E-state index in [0.29, 0.717) is 12.1 Å². The van der Waals surface area contributed by atoms with Crippen LogP contribution in [-0.2, 0) is 29.1 Å². The monoisotopic (exact) mass is 346 g/mol. The van der Waals surface area contributed by atoms with Crippen molar-refractivity contribution in [2.24, 2.45) is 0 Å². The molecule has 0 saturated heterocycles. The quantitative estimate of drug-likeness (QED) is 0.477. The molecule has 0 aliphatic heterocycles. The minimum absolute atomic E-state index is 0.181. The maximum atomic E-state index is 11.7. The summed E-state index contributed by atoms with van der Waals surface area (Å²) in [6, 6.07) is 20.4. The van der Waals surface area contributed by atoms with Gasteiger partial charge in [-0.3, -0.25) is 0 Å². The summed E-state index contributed by atoms with van der Waals surface area (Å²) >= 11 is 0. The van der Waals surface area contributed by atoms with Crippen molar-refractivity contribution in [3.8, 4) is 0 Å². The Hall–Kier alpha value is -3.14. The summed E-state index contributed by atoms with van der Waals surface area (Å²) in [4.78, 5) is 16.3. The summed E-state index contributed by atoms with van der Waals surface area (Å²) < 4.78 is 7.45. The lowest BCUT2D eigenvalue weighted by Crippen LogP contribution is -2.12. The molecule has 0 radical (unpaired) electrons. The maximum Gasteiger partial charge on any atom is 0.333 e. The van der Waals surface area contributed by atoms with E-state index in [9.17, 15) is 4.79 Å². The predicted octanol–water partition coefficient (Wildman–Crippen LogP) is 4.14. The lowest BCUT2D eigenvalue weighted by molar-refractivity contribution is -0.140. The first-order valence-electron chi connectivity index (χ1n) is 8.57. The van der Waals surface area contributed by atoms with Gasteiger partial charge in [-0.2, -0.15) is 0 Å². The molecule has 0 unspecified atom stereocenters. The van der Waals surface area contributed by atoms with Gasteiger partial charge in [-0.05, 0) is 18.1 Å². The molecule has 0 aliphatic rings. The van der Waals surface area contributed by atoms with Crippen LogP contribution in [0.1, 0.15) is 29.6 Å². The van der Waals surface area contributed by atoms with Gasteiger partial charge in [0.05, 0.1) is 11.9 Å². The Labute approximate surface area is 153 Å². The SMILES string of the molecule is C=C(C)C(=O)OCc1cnc(Cc2ccccc2)n1Cc1ccccc1. The number of ether oxygens (including phenoxy) is 1. The third-order valence-corrected chi connectivity index (χ3v) is 4.11. The molecule has 3 aromatic rings. The number of carbonyl (C=O) groups is 1. The zero-order valence-corrected chi connectivity index (χ0v) is 14.9. The van der Waals surface area contributed by atoms with Gasteiger partial charge < -0.3 is 9.30 Å². The molecule has 2 aromatic carbocycles. The van der Waals surface area contributed by atoms with Crippen LogP contribution in [0.25, 0.3) is 0 Å². The fraction of sp³-hybridized carbons (Fsp3) is 0.182. The molecule has 4 nitrogen and oxygen atoms in total. The second kappa shape index (κ2) is 8.30. The molecule has 0 N–H and O–H groups in total. The summed E-state index contributed by atoms with van der Waals surface area (Å²) in [5.74, 6) is 0.559. The lowest BCUT2D eigenvalue weighted by atomic mass is 10.1. The van der Waals surface area contributed by atoms with Crippen molar-refractivity contribution in [3.05, 3.63) is 102 Å². The van der Waals surface area contributed by atoms with E-state index in [2.05, 4.69) is 40.4 Å². The highest BCUT2D eigenvalue weighted by atomic mass is 16.5. The largest absolute Gasteiger partial charge is 0.456 e. The first-order valence-corrected chi connectivity index (χ1v) is 8.57. The summed E-state index contributed by atoms with van der Waals surface area (Å²) in [5, 5.41) is 0. The fourth-order valence-corrected chi connectivity index (χ4v) is 2.71. The zero-order chi connectivity index (χ0) is 18.4. The van der Waals surface area contributed by atoms with E-state index in [1.54, 1.807) is 13.1 Å². The van der Waals surface area contributed by atoms with Crippen LogP contribution >= 0.6 is 0 Å². The first kappa shape index (κ1) is 17.7. The number of hydrogen-bond acceptors (Lipinski definition) is 3. The third kappa shape index (κ3) is 4.48. The van der Waals surface area contributed by atoms with E-state index < -0.39 is 0 Å². The number of aromatic nitrogens is 2. The third-order valence-electron chi connectivity index (χ3n) is 4.11. The van der Waals surface area contributed by atoms with Crippen LogP contribution in [0.5, 0.6) is 0 Å². The molecule has 0 aliphatic carbocycles. The van der Waals surface area contributed by atoms with Gasteiger partial charge in [-0.25, -0.2) is 9.78 Å². The minimum Gasteiger partial charge on any atom is -0.456 e. The average molecular weight is 346 g/mol. The van der Waals surface area contributed by atoms with E-state index in [-0.39, 0.29) is 12.6 Å². The van der Waals surface area contributed by atoms with Gasteiger partial charge in [0.15, 0.2) is 0 Å². The standard InChI is InChI=1S/C22H22N2O2/c1-17(2)22(25)26-16-20-14-23-21(13-18-9-5-3-6-10-18)24(20)15-19-11-7-4-8-12-19/h3-12,14H,1,13,15-16H2,2H3. The van der Waals surface area contributed by atoms with Crippen molar-refractivity contribution in [3.63, 3.8) is 0 Å². The second-order valence-electron chi connectivity index (χ2n) is 6.26. The minimum atomic E-state index is -0.387. The van der Waals surface area contributed by atoms with E-state index in [1.807, 2.05) is 36.4 Å². The molecule has 0 fully saturated rings. The van der Waals surface area contributed by atoms with Gasteiger partial charge in [0, 0.05) is 18.5 Å². The zero-order valence-electron chi connectivity index (χ0n) is 14.9. The lowest BCUT2D eigenvalue weighted by Gasteiger charge is -2.13. The van der Waals surface area contributed by atoms with Crippen LogP contribution < -0.4 is 0 Å². The normalized spacial score (nSPS) is 10.5. The first-order chi connectivity index (χ1) is 12.6. The molecule has 132 valence electrons. The Morgan fingerprint density at radius 3 is 2.27 bits per heavy atom. The molecule has 1 heterocycles. The summed E-state index contributed by atoms with van der Waals surface area (Å²) in [7, 11) is 0. The Morgan fingerprint density at radius 2 is 1.65 bits per heavy atom. The predicted molar refractivity (Wildman–Crippen MR) is 102 cm³/mol. The van der Waals surface area contributed by atoms with Crippen LogP contribution in [0, 0.1) is 0 Å². The van der Waals surface area contributed by atoms with Gasteiger partial charge in [0.25, 0.3) is 0 Å². The molecular formula is C22H22N2O2. The van der Waals surface area contributed by atoms with Crippen LogP contribution in [0.15, 0.2) is 79.0 Å². The summed E-state index contributed by atoms with van der Waals surface area (Å²) in [6.45, 7) is 6.13. The van der Waals surface area contributed by atoms with Crippen LogP contribution in [0.3, 0.4) is 0 Å². The van der Waals surface area contributed by atoms with Gasteiger partial charge in [-0.1, -0.05) is 67.2 Å². The Balaban J connectivity index is 1.86. The number of rotatable bonds is 7. The number of hydrogen-bond donors (Lipinski definition) is 0. The average Bonchev–Trinajstić information content (AvgIpc) is 3.03. The van der Waals surface area contributed by atoms with Crippen molar-refractivity contribution >= 4 is 5.97 Å². The molecule has 1 aromatic heterocycles. The van der Waals surface area contributed by atoms with Gasteiger partial charge in [0.2, 0.25) is 0 Å². The highest BCUT2D eigenvalue weighted by Crippen LogP contribution is 2.15. The Kier molecular flexibility index (Phi) is 5.64. The number of benzene rings is 2. The van der Waals surface area contributed by atoms with Crippen molar-refractivity contribution in [1.82, 2.24) is 9.55 Å². The molecule has 0 bridgehead atoms. The maximum absolute atomic E-state index is 11.7. The smallest absolute Gasteiger partial charge is 0.333 e. The second-order valence-corrected chi connectivity index (χ2v) is 6.26. The van der Waals surface area contributed by atoms with Gasteiger partial charge >= 0.3 is 5.97 Å². The summed E-state index contributed by atoms with van der Waals surface area (Å²) in [5.41, 5.74) is 3.63. The molecule has 3 rings (SSSR count). The molecule has 26 heavy (non-hydrogen) atoms. The highest BCUT2D eigenvalue weighted by molar-refractivity contribution is 5.86. The molecule has 0 saturated carbocycles. The van der Waals surface area contributed by atoms with E-state index in [1.165, 1.54) is 11.1 Å². The van der Waals surface area contributed by atoms with E-state index in [4.69, 9.17) is 4.74 Å². The van der Waals surface area contributed by atoms with Crippen molar-refractivity contribution in [1.29, 1.82) is 0 Å². The van der Waals surface area contributed by atoms with Crippen LogP contribution in [0.4, 0.5) is 0 Å².